The summed E-state index contributed by atoms with van der Waals surface area (Å²) in [5.41, 5.74) is 5.02. The molecular weight excluding hydrogens is 770 g/mol. The number of nitrogens with one attached hydrogen (secondary N) is 2. The van der Waals surface area contributed by atoms with Crippen LogP contribution in [-0.2, 0) is 9.59 Å². The molecule has 6 aromatic rings. The molecule has 3 aromatic heterocycles. The lowest BCUT2D eigenvalue weighted by molar-refractivity contribution is -0.126. The number of carbonyl (C=O) groups is 2. The predicted molar refractivity (Wildman–Crippen MR) is 215 cm³/mol. The standard InChI is InChI=1S/C40H40ClN9O6S/c1-20(2)28-16-29(32(52)18-31(28)51)37-46-48-40(55)50(37)26-10-12-27(13-11-26)56-15-14-42-34(54)19-43-33(53)17-30-38-47-45-23(5)49(38)39-35(21(3)22(4)57-39)36(44-30)24-6-8-25(41)9-7-24/h6-13,16,18,20,30,51-52H,14-15,17,19H2,1-5H3,(H,42,54)(H,43,53)(H,48,55)/t30-/m0/s1. The summed E-state index contributed by atoms with van der Waals surface area (Å²) in [6.07, 6.45) is -0.0575. The van der Waals surface area contributed by atoms with E-state index in [1.54, 1.807) is 41.7 Å². The van der Waals surface area contributed by atoms with Crippen LogP contribution in [0.3, 0.4) is 0 Å². The molecule has 0 spiro atoms. The first-order valence-corrected chi connectivity index (χ1v) is 19.3. The van der Waals surface area contributed by atoms with Crippen molar-refractivity contribution in [2.75, 3.05) is 19.7 Å². The summed E-state index contributed by atoms with van der Waals surface area (Å²) in [6.45, 7) is 9.87. The van der Waals surface area contributed by atoms with E-state index >= 15 is 0 Å². The van der Waals surface area contributed by atoms with Gasteiger partial charge in [0, 0.05) is 27.1 Å². The summed E-state index contributed by atoms with van der Waals surface area (Å²) in [5, 5.41) is 55.0. The van der Waals surface area contributed by atoms with Crippen LogP contribution < -0.4 is 15.4 Å². The second-order valence-corrected chi connectivity index (χ2v) is 15.5. The van der Waals surface area contributed by atoms with E-state index in [0.29, 0.717) is 39.2 Å². The number of hydrogen-bond acceptors (Lipinski definition) is 12. The Bertz CT molecular complexity index is 2510. The number of carbonyl (C=O) groups excluding carboxylic acids is 2. The van der Waals surface area contributed by atoms with Crippen LogP contribution in [0.2, 0.25) is 5.02 Å². The molecule has 1 atom stereocenters. The second-order valence-electron chi connectivity index (χ2n) is 13.8. The molecule has 4 heterocycles. The van der Waals surface area contributed by atoms with Crippen molar-refractivity contribution >= 4 is 40.5 Å². The number of fused-ring (bicyclic) bond motifs is 3. The van der Waals surface area contributed by atoms with E-state index in [1.807, 2.05) is 49.6 Å². The van der Waals surface area contributed by atoms with Crippen LogP contribution in [0.5, 0.6) is 23.3 Å². The van der Waals surface area contributed by atoms with E-state index in [-0.39, 0.29) is 55.3 Å². The van der Waals surface area contributed by atoms with Gasteiger partial charge in [0.25, 0.3) is 0 Å². The van der Waals surface area contributed by atoms with Crippen molar-refractivity contribution in [2.45, 2.75) is 53.0 Å². The molecule has 7 rings (SSSR count). The van der Waals surface area contributed by atoms with Crippen molar-refractivity contribution in [1.29, 1.82) is 0 Å². The van der Waals surface area contributed by atoms with Crippen molar-refractivity contribution in [3.05, 3.63) is 104 Å². The Morgan fingerprint density at radius 3 is 2.35 bits per heavy atom. The van der Waals surface area contributed by atoms with Crippen LogP contribution in [0.1, 0.15) is 71.0 Å². The van der Waals surface area contributed by atoms with E-state index in [2.05, 4.69) is 44.9 Å². The highest BCUT2D eigenvalue weighted by Gasteiger charge is 2.32. The largest absolute Gasteiger partial charge is 0.508 e. The highest BCUT2D eigenvalue weighted by Crippen LogP contribution is 2.41. The van der Waals surface area contributed by atoms with Gasteiger partial charge in [0.05, 0.1) is 36.5 Å². The minimum absolute atomic E-state index is 0.0320. The van der Waals surface area contributed by atoms with Gasteiger partial charge in [0.15, 0.2) is 11.6 Å². The lowest BCUT2D eigenvalue weighted by Gasteiger charge is -2.14. The molecule has 0 radical (unpaired) electrons. The first-order chi connectivity index (χ1) is 27.3. The maximum atomic E-state index is 13.3. The molecule has 0 bridgehead atoms. The van der Waals surface area contributed by atoms with E-state index in [1.165, 1.54) is 10.6 Å². The Labute approximate surface area is 336 Å². The lowest BCUT2D eigenvalue weighted by atomic mass is 9.98. The monoisotopic (exact) mass is 809 g/mol. The number of ether oxygens (including phenoxy) is 1. The van der Waals surface area contributed by atoms with E-state index in [9.17, 15) is 24.9 Å². The number of halogens is 1. The Morgan fingerprint density at radius 1 is 0.895 bits per heavy atom. The molecule has 1 aliphatic rings. The highest BCUT2D eigenvalue weighted by atomic mass is 35.5. The van der Waals surface area contributed by atoms with Gasteiger partial charge in [-0.05, 0) is 80.3 Å². The molecular formula is C40H40ClN9O6S. The third-order valence-electron chi connectivity index (χ3n) is 9.62. The third-order valence-corrected chi connectivity index (χ3v) is 11.1. The average molecular weight is 810 g/mol. The number of aromatic nitrogens is 6. The number of aliphatic imine (C=N–C) groups is 1. The number of phenols is 2. The molecule has 15 nitrogen and oxygen atoms in total. The maximum Gasteiger partial charge on any atom is 0.319 e. The minimum atomic E-state index is -0.669. The van der Waals surface area contributed by atoms with Crippen molar-refractivity contribution in [1.82, 2.24) is 40.2 Å². The van der Waals surface area contributed by atoms with E-state index in [4.69, 9.17) is 21.3 Å². The van der Waals surface area contributed by atoms with Gasteiger partial charge in [-0.3, -0.25) is 19.1 Å². The first kappa shape index (κ1) is 39.0. The molecule has 0 fully saturated rings. The molecule has 0 saturated carbocycles. The Hall–Kier alpha value is -6.26. The molecule has 0 saturated heterocycles. The Morgan fingerprint density at radius 2 is 1.63 bits per heavy atom. The van der Waals surface area contributed by atoms with Crippen molar-refractivity contribution in [3.8, 4) is 45.3 Å². The molecule has 3 aromatic carbocycles. The van der Waals surface area contributed by atoms with Gasteiger partial charge >= 0.3 is 6.01 Å². The number of phenolic OH excluding ortho intramolecular Hbond substituents is 2. The zero-order valence-electron chi connectivity index (χ0n) is 31.7. The van der Waals surface area contributed by atoms with Crippen LogP contribution in [-0.4, -0.2) is 82.1 Å². The number of amides is 2. The molecule has 0 unspecified atom stereocenters. The number of hydrogen-bond donors (Lipinski definition) is 5. The fourth-order valence-electron chi connectivity index (χ4n) is 6.60. The molecule has 2 amide bonds. The van der Waals surface area contributed by atoms with Gasteiger partial charge in [0.1, 0.15) is 40.7 Å². The molecule has 5 N–H and O–H groups in total. The summed E-state index contributed by atoms with van der Waals surface area (Å²) in [6, 6.07) is 15.9. The van der Waals surface area contributed by atoms with Crippen molar-refractivity contribution < 1.29 is 29.6 Å². The number of aromatic hydroxyl groups is 3. The summed E-state index contributed by atoms with van der Waals surface area (Å²) in [7, 11) is 0. The van der Waals surface area contributed by atoms with Crippen LogP contribution in [0.4, 0.5) is 0 Å². The van der Waals surface area contributed by atoms with Crippen LogP contribution in [0.25, 0.3) is 22.1 Å². The van der Waals surface area contributed by atoms with Crippen LogP contribution in [0.15, 0.2) is 65.7 Å². The normalized spacial score (nSPS) is 13.5. The molecule has 294 valence electrons. The van der Waals surface area contributed by atoms with Gasteiger partial charge in [-0.1, -0.05) is 42.7 Å². The minimum Gasteiger partial charge on any atom is -0.508 e. The number of nitrogens with zero attached hydrogens (tertiary/aromatic N) is 7. The molecule has 1 aliphatic heterocycles. The van der Waals surface area contributed by atoms with Gasteiger partial charge in [-0.25, -0.2) is 4.57 Å². The highest BCUT2D eigenvalue weighted by molar-refractivity contribution is 7.15. The van der Waals surface area contributed by atoms with Crippen LogP contribution in [0, 0.1) is 20.8 Å². The Balaban J connectivity index is 0.949. The Kier molecular flexibility index (Phi) is 11.0. The van der Waals surface area contributed by atoms with Gasteiger partial charge in [0.2, 0.25) is 11.8 Å². The fraction of sp³-hybridized carbons (Fsp3) is 0.275. The number of aryl methyl sites for hydroxylation is 2. The zero-order valence-corrected chi connectivity index (χ0v) is 33.3. The van der Waals surface area contributed by atoms with Gasteiger partial charge in [-0.2, -0.15) is 0 Å². The molecule has 17 heteroatoms. The topological polar surface area (TPSA) is 202 Å². The predicted octanol–water partition coefficient (Wildman–Crippen LogP) is 5.99. The average Bonchev–Trinajstić information content (AvgIpc) is 3.82. The zero-order chi connectivity index (χ0) is 40.5. The number of rotatable bonds is 12. The maximum absolute atomic E-state index is 13.3. The van der Waals surface area contributed by atoms with E-state index in [0.717, 1.165) is 32.3 Å². The van der Waals surface area contributed by atoms with E-state index < -0.39 is 18.0 Å². The third kappa shape index (κ3) is 7.91. The fourth-order valence-corrected chi connectivity index (χ4v) is 7.94. The van der Waals surface area contributed by atoms with Crippen molar-refractivity contribution in [2.24, 2.45) is 4.99 Å². The van der Waals surface area contributed by atoms with Gasteiger partial charge in [-0.15, -0.1) is 26.6 Å². The smallest absolute Gasteiger partial charge is 0.319 e. The number of benzene rings is 3. The second kappa shape index (κ2) is 16.1. The summed E-state index contributed by atoms with van der Waals surface area (Å²) >= 11 is 7.83. The SMILES string of the molecule is Cc1sc2c(c1C)C(c1ccc(Cl)cc1)=N[C@@H](CC(=O)NCC(=O)NCCOc1ccc(-n3c(O)nnc3-c3cc(C(C)C)c(O)cc3O)cc1)c1nnc(C)n1-2. The molecule has 57 heavy (non-hydrogen) atoms. The van der Waals surface area contributed by atoms with Gasteiger partial charge < -0.3 is 30.7 Å². The summed E-state index contributed by atoms with van der Waals surface area (Å²) < 4.78 is 9.13. The van der Waals surface area contributed by atoms with Crippen LogP contribution >= 0.6 is 22.9 Å². The lowest BCUT2D eigenvalue weighted by Crippen LogP contribution is -2.38. The quantitative estimate of drug-likeness (QED) is 0.0915. The van der Waals surface area contributed by atoms with Crippen molar-refractivity contribution in [3.63, 3.8) is 0 Å². The summed E-state index contributed by atoms with van der Waals surface area (Å²) in [4.78, 5) is 32.2. The first-order valence-electron chi connectivity index (χ1n) is 18.1. The summed E-state index contributed by atoms with van der Waals surface area (Å²) in [5.74, 6) is 0.838. The molecule has 0 aliphatic carbocycles. The number of thiophene rings is 1.